The molecule has 0 bridgehead atoms. The number of benzene rings is 2. The van der Waals surface area contributed by atoms with Gasteiger partial charge in [-0.15, -0.1) is 0 Å². The number of ether oxygens (including phenoxy) is 1. The summed E-state index contributed by atoms with van der Waals surface area (Å²) in [7, 11) is 1.63. The molecule has 1 aromatic heterocycles. The third-order valence-corrected chi connectivity index (χ3v) is 5.49. The van der Waals surface area contributed by atoms with Crippen molar-refractivity contribution in [3.8, 4) is 11.8 Å². The maximum atomic E-state index is 13.2. The van der Waals surface area contributed by atoms with Crippen LogP contribution in [-0.2, 0) is 13.0 Å². The zero-order valence-electron chi connectivity index (χ0n) is 16.4. The Morgan fingerprint density at radius 1 is 1.14 bits per heavy atom. The highest BCUT2D eigenvalue weighted by molar-refractivity contribution is 5.99. The van der Waals surface area contributed by atoms with Gasteiger partial charge >= 0.3 is 0 Å². The highest BCUT2D eigenvalue weighted by Gasteiger charge is 2.37. The van der Waals surface area contributed by atoms with Gasteiger partial charge in [-0.3, -0.25) is 4.79 Å². The van der Waals surface area contributed by atoms with Crippen LogP contribution in [0.3, 0.4) is 0 Å². The normalized spacial score (nSPS) is 15.1. The van der Waals surface area contributed by atoms with Crippen LogP contribution < -0.4 is 4.74 Å². The molecule has 1 unspecified atom stereocenters. The van der Waals surface area contributed by atoms with Gasteiger partial charge in [-0.2, -0.15) is 5.26 Å². The number of carbonyl (C=O) groups is 1. The second kappa shape index (κ2) is 7.76. The largest absolute Gasteiger partial charge is 0.497 e. The summed E-state index contributed by atoms with van der Waals surface area (Å²) in [5, 5.41) is 9.51. The Morgan fingerprint density at radius 3 is 2.62 bits per heavy atom. The number of nitrogens with zero attached hydrogens (tertiary/aromatic N) is 3. The molecule has 1 atom stereocenters. The van der Waals surface area contributed by atoms with E-state index in [-0.39, 0.29) is 11.9 Å². The van der Waals surface area contributed by atoms with Crippen molar-refractivity contribution in [1.82, 2.24) is 9.88 Å². The Kier molecular flexibility index (Phi) is 5.01. The summed E-state index contributed by atoms with van der Waals surface area (Å²) in [4.78, 5) is 19.3. The predicted molar refractivity (Wildman–Crippen MR) is 109 cm³/mol. The van der Waals surface area contributed by atoms with Crippen molar-refractivity contribution in [3.05, 3.63) is 94.3 Å². The van der Waals surface area contributed by atoms with Gasteiger partial charge < -0.3 is 9.64 Å². The molecular formula is C24H21N3O2. The number of aromatic nitrogens is 1. The smallest absolute Gasteiger partial charge is 0.255 e. The molecule has 2 heterocycles. The van der Waals surface area contributed by atoms with Crippen LogP contribution in [0.25, 0.3) is 0 Å². The fourth-order valence-corrected chi connectivity index (χ4v) is 3.91. The van der Waals surface area contributed by atoms with Crippen LogP contribution in [0, 0.1) is 18.3 Å². The summed E-state index contributed by atoms with van der Waals surface area (Å²) >= 11 is 0. The average molecular weight is 383 g/mol. The van der Waals surface area contributed by atoms with Crippen LogP contribution in [-0.4, -0.2) is 22.9 Å². The van der Waals surface area contributed by atoms with Crippen molar-refractivity contribution in [3.63, 3.8) is 0 Å². The molecule has 0 N–H and O–H groups in total. The quantitative estimate of drug-likeness (QED) is 0.662. The van der Waals surface area contributed by atoms with E-state index in [0.717, 1.165) is 33.6 Å². The lowest BCUT2D eigenvalue weighted by atomic mass is 9.94. The summed E-state index contributed by atoms with van der Waals surface area (Å²) in [6, 6.07) is 19.4. The van der Waals surface area contributed by atoms with E-state index < -0.39 is 0 Å². The number of hydrogen-bond acceptors (Lipinski definition) is 4. The van der Waals surface area contributed by atoms with E-state index in [0.29, 0.717) is 18.7 Å². The molecule has 2 aromatic carbocycles. The zero-order valence-corrected chi connectivity index (χ0v) is 16.4. The SMILES string of the molecule is COc1ccc(CN2C(=O)c3ccccc3C2Cc2c(C)ccnc2C#N)cc1. The molecule has 144 valence electrons. The topological polar surface area (TPSA) is 66.2 Å². The minimum Gasteiger partial charge on any atom is -0.497 e. The lowest BCUT2D eigenvalue weighted by Crippen LogP contribution is -2.29. The van der Waals surface area contributed by atoms with Gasteiger partial charge in [-0.25, -0.2) is 4.98 Å². The lowest BCUT2D eigenvalue weighted by Gasteiger charge is -2.26. The maximum Gasteiger partial charge on any atom is 0.255 e. The Bertz CT molecular complexity index is 1100. The molecule has 5 nitrogen and oxygen atoms in total. The summed E-state index contributed by atoms with van der Waals surface area (Å²) < 4.78 is 5.23. The maximum absolute atomic E-state index is 13.2. The first-order valence-corrected chi connectivity index (χ1v) is 9.49. The second-order valence-corrected chi connectivity index (χ2v) is 7.16. The predicted octanol–water partition coefficient (Wildman–Crippen LogP) is 4.21. The third kappa shape index (κ3) is 3.45. The number of aryl methyl sites for hydroxylation is 1. The summed E-state index contributed by atoms with van der Waals surface area (Å²) in [5.74, 6) is 0.799. The van der Waals surface area contributed by atoms with E-state index in [1.54, 1.807) is 13.3 Å². The van der Waals surface area contributed by atoms with Gasteiger partial charge in [-0.1, -0.05) is 30.3 Å². The summed E-state index contributed by atoms with van der Waals surface area (Å²) in [6.07, 6.45) is 2.21. The second-order valence-electron chi connectivity index (χ2n) is 7.16. The number of rotatable bonds is 5. The molecular weight excluding hydrogens is 362 g/mol. The monoisotopic (exact) mass is 383 g/mol. The van der Waals surface area contributed by atoms with E-state index >= 15 is 0 Å². The van der Waals surface area contributed by atoms with E-state index in [2.05, 4.69) is 11.1 Å². The fraction of sp³-hybridized carbons (Fsp3) is 0.208. The van der Waals surface area contributed by atoms with Gasteiger partial charge in [0.2, 0.25) is 0 Å². The molecule has 29 heavy (non-hydrogen) atoms. The first-order chi connectivity index (χ1) is 14.1. The Balaban J connectivity index is 1.72. The highest BCUT2D eigenvalue weighted by Crippen LogP contribution is 2.38. The van der Waals surface area contributed by atoms with Crippen molar-refractivity contribution in [2.45, 2.75) is 25.9 Å². The number of nitriles is 1. The first-order valence-electron chi connectivity index (χ1n) is 9.49. The molecule has 0 saturated carbocycles. The number of amides is 1. The van der Waals surface area contributed by atoms with Crippen LogP contribution in [0.2, 0.25) is 0 Å². The lowest BCUT2D eigenvalue weighted by molar-refractivity contribution is 0.0709. The molecule has 0 saturated heterocycles. The minimum atomic E-state index is -0.143. The number of carbonyl (C=O) groups excluding carboxylic acids is 1. The Labute approximate surface area is 170 Å². The van der Waals surface area contributed by atoms with Crippen molar-refractivity contribution in [2.75, 3.05) is 7.11 Å². The van der Waals surface area contributed by atoms with Crippen molar-refractivity contribution in [1.29, 1.82) is 5.26 Å². The molecule has 4 rings (SSSR count). The van der Waals surface area contributed by atoms with Crippen molar-refractivity contribution < 1.29 is 9.53 Å². The number of pyridine rings is 1. The molecule has 5 heteroatoms. The van der Waals surface area contributed by atoms with E-state index in [1.165, 1.54) is 0 Å². The molecule has 0 fully saturated rings. The highest BCUT2D eigenvalue weighted by atomic mass is 16.5. The van der Waals surface area contributed by atoms with Gasteiger partial charge in [0.25, 0.3) is 5.91 Å². The Morgan fingerprint density at radius 2 is 1.90 bits per heavy atom. The van der Waals surface area contributed by atoms with Crippen molar-refractivity contribution in [2.24, 2.45) is 0 Å². The van der Waals surface area contributed by atoms with Crippen molar-refractivity contribution >= 4 is 5.91 Å². The molecule has 0 aliphatic carbocycles. The van der Waals surface area contributed by atoms with Crippen LogP contribution in [0.5, 0.6) is 5.75 Å². The summed E-state index contributed by atoms with van der Waals surface area (Å²) in [5.41, 5.74) is 5.08. The van der Waals surface area contributed by atoms with Gasteiger partial charge in [0.1, 0.15) is 17.5 Å². The van der Waals surface area contributed by atoms with E-state index in [9.17, 15) is 10.1 Å². The average Bonchev–Trinajstić information content (AvgIpc) is 3.01. The Hall–Kier alpha value is -3.65. The molecule has 1 amide bonds. The number of methoxy groups -OCH3 is 1. The first kappa shape index (κ1) is 18.7. The van der Waals surface area contributed by atoms with Crippen LogP contribution in [0.4, 0.5) is 0 Å². The van der Waals surface area contributed by atoms with Gasteiger partial charge in [0.15, 0.2) is 0 Å². The van der Waals surface area contributed by atoms with Gasteiger partial charge in [-0.05, 0) is 53.4 Å². The van der Waals surface area contributed by atoms with E-state index in [1.807, 2.05) is 66.4 Å². The molecule has 1 aliphatic heterocycles. The van der Waals surface area contributed by atoms with Crippen LogP contribution in [0.15, 0.2) is 60.8 Å². The molecule has 3 aromatic rings. The molecule has 1 aliphatic rings. The van der Waals surface area contributed by atoms with Crippen LogP contribution in [0.1, 0.15) is 44.3 Å². The third-order valence-electron chi connectivity index (χ3n) is 5.49. The molecule has 0 radical (unpaired) electrons. The standard InChI is InChI=1S/C24H21N3O2/c1-16-11-12-26-22(14-25)21(16)13-23-19-5-3-4-6-20(19)24(28)27(23)15-17-7-9-18(29-2)10-8-17/h3-12,23H,13,15H2,1-2H3. The number of hydrogen-bond donors (Lipinski definition) is 0. The zero-order chi connectivity index (χ0) is 20.4. The summed E-state index contributed by atoms with van der Waals surface area (Å²) in [6.45, 7) is 2.47. The van der Waals surface area contributed by atoms with Gasteiger partial charge in [0.05, 0.1) is 13.2 Å². The van der Waals surface area contributed by atoms with E-state index in [4.69, 9.17) is 4.74 Å². The van der Waals surface area contributed by atoms with Gasteiger partial charge in [0, 0.05) is 24.7 Å². The molecule has 0 spiro atoms. The van der Waals surface area contributed by atoms with Crippen LogP contribution >= 0.6 is 0 Å². The fourth-order valence-electron chi connectivity index (χ4n) is 3.91. The minimum absolute atomic E-state index is 0.0152. The number of fused-ring (bicyclic) bond motifs is 1.